The van der Waals surface area contributed by atoms with Gasteiger partial charge >= 0.3 is 0 Å². The van der Waals surface area contributed by atoms with Crippen LogP contribution in [0.4, 0.5) is 0 Å². The highest BCUT2D eigenvalue weighted by Crippen LogP contribution is 2.24. The van der Waals surface area contributed by atoms with Crippen molar-refractivity contribution in [2.45, 2.75) is 33.2 Å². The average Bonchev–Trinajstić information content (AvgIpc) is 2.75. The van der Waals surface area contributed by atoms with Crippen molar-refractivity contribution in [1.29, 1.82) is 0 Å². The van der Waals surface area contributed by atoms with E-state index >= 15 is 0 Å². The largest absolute Gasteiger partial charge is 0.310 e. The smallest absolute Gasteiger partial charge is 0.176 e. The summed E-state index contributed by atoms with van der Waals surface area (Å²) >= 11 is 0. The first-order valence-electron chi connectivity index (χ1n) is 6.64. The Morgan fingerprint density at radius 1 is 1.26 bits per heavy atom. The summed E-state index contributed by atoms with van der Waals surface area (Å²) in [6.07, 6.45) is 0.757. The van der Waals surface area contributed by atoms with Crippen molar-refractivity contribution in [3.05, 3.63) is 40.7 Å². The van der Waals surface area contributed by atoms with E-state index in [0.29, 0.717) is 0 Å². The van der Waals surface area contributed by atoms with Gasteiger partial charge in [0.2, 0.25) is 0 Å². The first-order chi connectivity index (χ1) is 9.11. The van der Waals surface area contributed by atoms with Crippen LogP contribution in [0.1, 0.15) is 35.5 Å². The molecule has 102 valence electrons. The molecule has 0 aliphatic rings. The van der Waals surface area contributed by atoms with E-state index in [2.05, 4.69) is 59.7 Å². The fraction of sp³-hybridized carbons (Fsp3) is 0.500. The third-order valence-corrected chi connectivity index (χ3v) is 3.28. The lowest BCUT2D eigenvalue weighted by Gasteiger charge is -2.21. The number of likely N-dealkylation sites (N-methyl/N-ethyl adjacent to an activating group) is 1. The Balaban J connectivity index is 2.29. The van der Waals surface area contributed by atoms with Crippen LogP contribution >= 0.6 is 0 Å². The summed E-state index contributed by atoms with van der Waals surface area (Å²) in [5.41, 5.74) is 3.95. The lowest BCUT2D eigenvalue weighted by molar-refractivity contribution is 0.530. The third kappa shape index (κ3) is 3.17. The van der Waals surface area contributed by atoms with Gasteiger partial charge in [-0.1, -0.05) is 25.1 Å². The molecule has 19 heavy (non-hydrogen) atoms. The van der Waals surface area contributed by atoms with Crippen LogP contribution in [0.5, 0.6) is 0 Å². The Morgan fingerprint density at radius 2 is 1.95 bits per heavy atom. The molecule has 1 atom stereocenters. The van der Waals surface area contributed by atoms with Crippen molar-refractivity contribution >= 4 is 0 Å². The highest BCUT2D eigenvalue weighted by molar-refractivity contribution is 5.36. The number of aryl methyl sites for hydroxylation is 3. The third-order valence-electron chi connectivity index (χ3n) is 3.28. The fourth-order valence-corrected chi connectivity index (χ4v) is 2.49. The van der Waals surface area contributed by atoms with E-state index in [-0.39, 0.29) is 6.04 Å². The highest BCUT2D eigenvalue weighted by atomic mass is 15.6. The minimum Gasteiger partial charge on any atom is -0.310 e. The molecule has 0 amide bonds. The van der Waals surface area contributed by atoms with Crippen LogP contribution in [0.25, 0.3) is 0 Å². The Labute approximate surface area is 114 Å². The van der Waals surface area contributed by atoms with Crippen molar-refractivity contribution in [3.63, 3.8) is 0 Å². The number of tetrazole rings is 1. The molecule has 1 aromatic heterocycles. The first-order valence-corrected chi connectivity index (χ1v) is 6.64. The number of rotatable bonds is 5. The predicted molar refractivity (Wildman–Crippen MR) is 74.8 cm³/mol. The number of hydrogen-bond donors (Lipinski definition) is 1. The molecular weight excluding hydrogens is 238 g/mol. The molecule has 0 aliphatic heterocycles. The molecule has 5 heteroatoms. The topological polar surface area (TPSA) is 55.6 Å². The Morgan fingerprint density at radius 3 is 2.47 bits per heavy atom. The zero-order chi connectivity index (χ0) is 13.8. The van der Waals surface area contributed by atoms with Crippen molar-refractivity contribution < 1.29 is 0 Å². The SMILES string of the molecule is CCNC(Cc1nnn(C)n1)c1c(C)cccc1C. The second-order valence-corrected chi connectivity index (χ2v) is 4.81. The molecule has 1 N–H and O–H groups in total. The highest BCUT2D eigenvalue weighted by Gasteiger charge is 2.17. The zero-order valence-corrected chi connectivity index (χ0v) is 12.0. The molecule has 0 fully saturated rings. The van der Waals surface area contributed by atoms with Crippen molar-refractivity contribution in [2.75, 3.05) is 6.54 Å². The standard InChI is InChI=1S/C14H21N5/c1-5-15-12(9-13-16-18-19(4)17-13)14-10(2)7-6-8-11(14)3/h6-8,12,15H,5,9H2,1-4H3. The maximum atomic E-state index is 4.27. The molecule has 5 nitrogen and oxygen atoms in total. The van der Waals surface area contributed by atoms with Gasteiger partial charge in [0.05, 0.1) is 7.05 Å². The van der Waals surface area contributed by atoms with E-state index in [1.54, 1.807) is 7.05 Å². The monoisotopic (exact) mass is 259 g/mol. The van der Waals surface area contributed by atoms with Crippen LogP contribution in [0, 0.1) is 13.8 Å². The fourth-order valence-electron chi connectivity index (χ4n) is 2.49. The Hall–Kier alpha value is -1.75. The summed E-state index contributed by atoms with van der Waals surface area (Å²) < 4.78 is 0. The molecule has 0 aliphatic carbocycles. The number of nitrogens with one attached hydrogen (secondary N) is 1. The molecule has 0 spiro atoms. The van der Waals surface area contributed by atoms with Crippen LogP contribution < -0.4 is 5.32 Å². The van der Waals surface area contributed by atoms with Gasteiger partial charge in [0.15, 0.2) is 5.82 Å². The normalized spacial score (nSPS) is 12.6. The summed E-state index contributed by atoms with van der Waals surface area (Å²) in [6.45, 7) is 7.33. The molecule has 0 radical (unpaired) electrons. The molecule has 0 saturated carbocycles. The van der Waals surface area contributed by atoms with Crippen molar-refractivity contribution in [2.24, 2.45) is 7.05 Å². The van der Waals surface area contributed by atoms with Gasteiger partial charge in [-0.2, -0.15) is 4.80 Å². The zero-order valence-electron chi connectivity index (χ0n) is 12.0. The Bertz CT molecular complexity index is 526. The van der Waals surface area contributed by atoms with Crippen molar-refractivity contribution in [1.82, 2.24) is 25.5 Å². The second kappa shape index (κ2) is 5.93. The minimum absolute atomic E-state index is 0.232. The van der Waals surface area contributed by atoms with Crippen LogP contribution in [-0.4, -0.2) is 26.8 Å². The molecule has 1 unspecified atom stereocenters. The van der Waals surface area contributed by atoms with Crippen LogP contribution in [0.3, 0.4) is 0 Å². The molecule has 1 aromatic carbocycles. The summed E-state index contributed by atoms with van der Waals surface area (Å²) in [5.74, 6) is 0.774. The summed E-state index contributed by atoms with van der Waals surface area (Å²) in [4.78, 5) is 1.50. The summed E-state index contributed by atoms with van der Waals surface area (Å²) in [7, 11) is 1.79. The van der Waals surface area contributed by atoms with Gasteiger partial charge in [-0.05, 0) is 42.3 Å². The lowest BCUT2D eigenvalue weighted by Crippen LogP contribution is -2.25. The number of nitrogens with zero attached hydrogens (tertiary/aromatic N) is 4. The van der Waals surface area contributed by atoms with Crippen LogP contribution in [0.15, 0.2) is 18.2 Å². The van der Waals surface area contributed by atoms with Gasteiger partial charge in [0, 0.05) is 12.5 Å². The van der Waals surface area contributed by atoms with Crippen LogP contribution in [0.2, 0.25) is 0 Å². The van der Waals surface area contributed by atoms with Gasteiger partial charge in [-0.15, -0.1) is 10.2 Å². The molecule has 1 heterocycles. The van der Waals surface area contributed by atoms with Crippen LogP contribution in [-0.2, 0) is 13.5 Å². The lowest BCUT2D eigenvalue weighted by atomic mass is 9.94. The van der Waals surface area contributed by atoms with Gasteiger partial charge < -0.3 is 5.32 Å². The average molecular weight is 259 g/mol. The second-order valence-electron chi connectivity index (χ2n) is 4.81. The molecule has 2 rings (SSSR count). The maximum Gasteiger partial charge on any atom is 0.176 e. The number of hydrogen-bond acceptors (Lipinski definition) is 4. The molecule has 0 bridgehead atoms. The Kier molecular flexibility index (Phi) is 4.27. The van der Waals surface area contributed by atoms with Gasteiger partial charge in [0.25, 0.3) is 0 Å². The quantitative estimate of drug-likeness (QED) is 0.888. The number of benzene rings is 1. The van der Waals surface area contributed by atoms with E-state index in [9.17, 15) is 0 Å². The van der Waals surface area contributed by atoms with E-state index in [4.69, 9.17) is 0 Å². The summed E-state index contributed by atoms with van der Waals surface area (Å²) in [6, 6.07) is 6.63. The first kappa shape index (κ1) is 13.7. The van der Waals surface area contributed by atoms with Crippen molar-refractivity contribution in [3.8, 4) is 0 Å². The van der Waals surface area contributed by atoms with E-state index in [1.165, 1.54) is 21.5 Å². The van der Waals surface area contributed by atoms with Gasteiger partial charge in [0.1, 0.15) is 0 Å². The molecule has 2 aromatic rings. The molecular formula is C14H21N5. The number of aromatic nitrogens is 4. The van der Waals surface area contributed by atoms with Gasteiger partial charge in [-0.3, -0.25) is 0 Å². The molecule has 0 saturated heterocycles. The van der Waals surface area contributed by atoms with E-state index < -0.39 is 0 Å². The summed E-state index contributed by atoms with van der Waals surface area (Å²) in [5, 5.41) is 15.8. The predicted octanol–water partition coefficient (Wildman–Crippen LogP) is 1.72. The maximum absolute atomic E-state index is 4.27. The van der Waals surface area contributed by atoms with Gasteiger partial charge in [-0.25, -0.2) is 0 Å². The minimum atomic E-state index is 0.232. The van der Waals surface area contributed by atoms with E-state index in [0.717, 1.165) is 18.8 Å². The van der Waals surface area contributed by atoms with E-state index in [1.807, 2.05) is 0 Å².